The van der Waals surface area contributed by atoms with Gasteiger partial charge in [-0.05, 0) is 25.0 Å². The Morgan fingerprint density at radius 2 is 2.16 bits per heavy atom. The maximum Gasteiger partial charge on any atom is 0.223 e. The van der Waals surface area contributed by atoms with E-state index in [1.54, 1.807) is 12.1 Å². The Hall–Kier alpha value is -1.26. The zero-order valence-corrected chi connectivity index (χ0v) is 11.4. The number of para-hydroxylation sites is 1. The third-order valence-electron chi connectivity index (χ3n) is 3.38. The minimum atomic E-state index is -0.0632. The molecule has 5 heteroatoms. The largest absolute Gasteiger partial charge is 0.491 e. The summed E-state index contributed by atoms with van der Waals surface area (Å²) in [6.45, 7) is 0.986. The molecule has 1 aliphatic rings. The number of aliphatic hydroxyl groups is 1. The maximum atomic E-state index is 11.6. The molecule has 4 nitrogen and oxygen atoms in total. The highest BCUT2D eigenvalue weighted by Gasteiger charge is 2.41. The number of halogens is 1. The lowest BCUT2D eigenvalue weighted by molar-refractivity contribution is -0.121. The van der Waals surface area contributed by atoms with E-state index in [1.807, 2.05) is 12.1 Å². The Bertz CT molecular complexity index is 446. The van der Waals surface area contributed by atoms with Crippen LogP contribution in [0, 0.1) is 5.41 Å². The average molecular weight is 284 g/mol. The summed E-state index contributed by atoms with van der Waals surface area (Å²) < 4.78 is 5.44. The molecular weight excluding hydrogens is 266 g/mol. The summed E-state index contributed by atoms with van der Waals surface area (Å²) in [7, 11) is 0. The molecule has 0 heterocycles. The third-order valence-corrected chi connectivity index (χ3v) is 3.69. The Labute approximate surface area is 117 Å². The highest BCUT2D eigenvalue weighted by molar-refractivity contribution is 6.32. The smallest absolute Gasteiger partial charge is 0.223 e. The van der Waals surface area contributed by atoms with E-state index in [0.29, 0.717) is 23.9 Å². The average Bonchev–Trinajstić information content (AvgIpc) is 3.19. The molecule has 104 valence electrons. The monoisotopic (exact) mass is 283 g/mol. The van der Waals surface area contributed by atoms with Crippen LogP contribution in [-0.2, 0) is 4.79 Å². The van der Waals surface area contributed by atoms with Crippen LogP contribution in [0.15, 0.2) is 24.3 Å². The second-order valence-electron chi connectivity index (χ2n) is 4.96. The van der Waals surface area contributed by atoms with Gasteiger partial charge in [-0.25, -0.2) is 0 Å². The van der Waals surface area contributed by atoms with Gasteiger partial charge in [0.05, 0.1) is 24.7 Å². The molecule has 0 atom stereocenters. The molecule has 2 N–H and O–H groups in total. The summed E-state index contributed by atoms with van der Waals surface area (Å²) >= 11 is 5.93. The van der Waals surface area contributed by atoms with Crippen molar-refractivity contribution in [1.82, 2.24) is 5.32 Å². The molecule has 0 radical (unpaired) electrons. The van der Waals surface area contributed by atoms with Crippen LogP contribution in [0.25, 0.3) is 0 Å². The summed E-state index contributed by atoms with van der Waals surface area (Å²) in [5.74, 6) is 0.526. The predicted molar refractivity (Wildman–Crippen MR) is 73.3 cm³/mol. The molecule has 1 aromatic carbocycles. The number of hydrogen-bond acceptors (Lipinski definition) is 3. The molecule has 0 bridgehead atoms. The molecule has 0 spiro atoms. The van der Waals surface area contributed by atoms with Gasteiger partial charge in [-0.15, -0.1) is 0 Å². The third kappa shape index (κ3) is 4.11. The quantitative estimate of drug-likeness (QED) is 0.805. The fraction of sp³-hybridized carbons (Fsp3) is 0.500. The number of nitrogens with one attached hydrogen (secondary N) is 1. The van der Waals surface area contributed by atoms with Crippen LogP contribution < -0.4 is 10.1 Å². The predicted octanol–water partition coefficient (Wildman–Crippen LogP) is 2.00. The lowest BCUT2D eigenvalue weighted by Crippen LogP contribution is -2.32. The van der Waals surface area contributed by atoms with Crippen LogP contribution >= 0.6 is 11.6 Å². The Balaban J connectivity index is 1.65. The Morgan fingerprint density at radius 3 is 2.79 bits per heavy atom. The lowest BCUT2D eigenvalue weighted by Gasteiger charge is -2.13. The molecule has 1 saturated carbocycles. The van der Waals surface area contributed by atoms with Gasteiger partial charge in [0.2, 0.25) is 5.91 Å². The van der Waals surface area contributed by atoms with Crippen LogP contribution in [0.5, 0.6) is 5.75 Å². The zero-order valence-electron chi connectivity index (χ0n) is 10.7. The second-order valence-corrected chi connectivity index (χ2v) is 5.37. The standard InChI is InChI=1S/C14H18ClNO3/c15-11-3-1-2-4-12(11)19-8-5-13(18)16-9-14(10-17)6-7-14/h1-4,17H,5-10H2,(H,16,18). The number of ether oxygens (including phenoxy) is 1. The second kappa shape index (κ2) is 6.26. The van der Waals surface area contributed by atoms with E-state index in [9.17, 15) is 4.79 Å². The number of carbonyl (C=O) groups is 1. The van der Waals surface area contributed by atoms with E-state index in [0.717, 1.165) is 12.8 Å². The highest BCUT2D eigenvalue weighted by atomic mass is 35.5. The van der Waals surface area contributed by atoms with Crippen molar-refractivity contribution < 1.29 is 14.6 Å². The topological polar surface area (TPSA) is 58.6 Å². The first-order valence-electron chi connectivity index (χ1n) is 6.40. The molecule has 0 aromatic heterocycles. The van der Waals surface area contributed by atoms with Crippen LogP contribution in [0.3, 0.4) is 0 Å². The van der Waals surface area contributed by atoms with E-state index in [2.05, 4.69) is 5.32 Å². The minimum Gasteiger partial charge on any atom is -0.491 e. The van der Waals surface area contributed by atoms with Gasteiger partial charge in [0.1, 0.15) is 5.75 Å². The number of rotatable bonds is 7. The van der Waals surface area contributed by atoms with Gasteiger partial charge in [0.15, 0.2) is 0 Å². The van der Waals surface area contributed by atoms with Crippen molar-refractivity contribution in [3.05, 3.63) is 29.3 Å². The van der Waals surface area contributed by atoms with Crippen molar-refractivity contribution in [2.45, 2.75) is 19.3 Å². The normalized spacial score (nSPS) is 15.9. The summed E-state index contributed by atoms with van der Waals surface area (Å²) in [6, 6.07) is 7.17. The first-order chi connectivity index (χ1) is 9.15. The SMILES string of the molecule is O=C(CCOc1ccccc1Cl)NCC1(CO)CC1. The van der Waals surface area contributed by atoms with Gasteiger partial charge >= 0.3 is 0 Å². The fourth-order valence-electron chi connectivity index (χ4n) is 1.76. The lowest BCUT2D eigenvalue weighted by atomic mass is 10.1. The highest BCUT2D eigenvalue weighted by Crippen LogP contribution is 2.44. The molecule has 0 aliphatic heterocycles. The maximum absolute atomic E-state index is 11.6. The number of hydrogen-bond donors (Lipinski definition) is 2. The van der Waals surface area contributed by atoms with E-state index in [-0.39, 0.29) is 24.3 Å². The number of carbonyl (C=O) groups excluding carboxylic acids is 1. The number of amides is 1. The molecule has 0 saturated heterocycles. The molecule has 19 heavy (non-hydrogen) atoms. The van der Waals surface area contributed by atoms with Gasteiger partial charge in [-0.3, -0.25) is 4.79 Å². The van der Waals surface area contributed by atoms with E-state index >= 15 is 0 Å². The molecule has 1 amide bonds. The summed E-state index contributed by atoms with van der Waals surface area (Å²) in [5.41, 5.74) is -0.0563. The first-order valence-corrected chi connectivity index (χ1v) is 6.78. The number of aliphatic hydroxyl groups excluding tert-OH is 1. The van der Waals surface area contributed by atoms with Crippen molar-refractivity contribution in [2.24, 2.45) is 5.41 Å². The summed E-state index contributed by atoms with van der Waals surface area (Å²) in [4.78, 5) is 11.6. The molecule has 1 aliphatic carbocycles. The van der Waals surface area contributed by atoms with Crippen molar-refractivity contribution in [1.29, 1.82) is 0 Å². The minimum absolute atomic E-state index is 0.0563. The van der Waals surface area contributed by atoms with Crippen molar-refractivity contribution in [3.8, 4) is 5.75 Å². The van der Waals surface area contributed by atoms with Gasteiger partial charge in [-0.1, -0.05) is 23.7 Å². The van der Waals surface area contributed by atoms with Crippen LogP contribution in [-0.4, -0.2) is 30.8 Å². The zero-order chi connectivity index (χ0) is 13.7. The van der Waals surface area contributed by atoms with Gasteiger partial charge in [0.25, 0.3) is 0 Å². The van der Waals surface area contributed by atoms with Crippen molar-refractivity contribution in [3.63, 3.8) is 0 Å². The van der Waals surface area contributed by atoms with Crippen molar-refractivity contribution in [2.75, 3.05) is 19.8 Å². The fourth-order valence-corrected chi connectivity index (χ4v) is 1.95. The summed E-state index contributed by atoms with van der Waals surface area (Å²) in [6.07, 6.45) is 2.26. The molecular formula is C14H18ClNO3. The molecule has 1 fully saturated rings. The Morgan fingerprint density at radius 1 is 1.42 bits per heavy atom. The van der Waals surface area contributed by atoms with Gasteiger partial charge in [0, 0.05) is 12.0 Å². The molecule has 0 unspecified atom stereocenters. The van der Waals surface area contributed by atoms with Crippen LogP contribution in [0.1, 0.15) is 19.3 Å². The van der Waals surface area contributed by atoms with E-state index in [1.165, 1.54) is 0 Å². The number of benzene rings is 1. The summed E-state index contributed by atoms with van der Waals surface area (Å²) in [5, 5.41) is 12.5. The van der Waals surface area contributed by atoms with Gasteiger partial charge in [-0.2, -0.15) is 0 Å². The molecule has 2 rings (SSSR count). The van der Waals surface area contributed by atoms with E-state index < -0.39 is 0 Å². The first kappa shape index (κ1) is 14.2. The van der Waals surface area contributed by atoms with E-state index in [4.69, 9.17) is 21.4 Å². The van der Waals surface area contributed by atoms with Gasteiger partial charge < -0.3 is 15.2 Å². The van der Waals surface area contributed by atoms with Crippen LogP contribution in [0.2, 0.25) is 5.02 Å². The van der Waals surface area contributed by atoms with Crippen molar-refractivity contribution >= 4 is 17.5 Å². The van der Waals surface area contributed by atoms with Crippen LogP contribution in [0.4, 0.5) is 0 Å². The molecule has 1 aromatic rings. The Kier molecular flexibility index (Phi) is 4.66.